The van der Waals surface area contributed by atoms with Crippen LogP contribution in [-0.2, 0) is 6.18 Å². The van der Waals surface area contributed by atoms with E-state index in [2.05, 4.69) is 14.9 Å². The van der Waals surface area contributed by atoms with E-state index in [1.165, 1.54) is 17.4 Å². The summed E-state index contributed by atoms with van der Waals surface area (Å²) >= 11 is 1.28. The van der Waals surface area contributed by atoms with Gasteiger partial charge in [0.2, 0.25) is 0 Å². The number of anilines is 2. The average molecular weight is 406 g/mol. The molecule has 0 radical (unpaired) electrons. The lowest BCUT2D eigenvalue weighted by molar-refractivity contribution is -0.137. The van der Waals surface area contributed by atoms with E-state index in [1.807, 2.05) is 12.3 Å². The molecule has 1 amide bonds. The van der Waals surface area contributed by atoms with Gasteiger partial charge in [0, 0.05) is 22.8 Å². The largest absolute Gasteiger partial charge is 0.416 e. The highest BCUT2D eigenvalue weighted by atomic mass is 32.1. The van der Waals surface area contributed by atoms with Crippen molar-refractivity contribution in [2.24, 2.45) is 5.73 Å². The van der Waals surface area contributed by atoms with Gasteiger partial charge in [0.1, 0.15) is 0 Å². The molecule has 1 aromatic carbocycles. The first-order valence-corrected chi connectivity index (χ1v) is 9.54. The zero-order valence-electron chi connectivity index (χ0n) is 14.9. The minimum Gasteiger partial charge on any atom is -0.366 e. The Bertz CT molecular complexity index is 1050. The molecular formula is C19H17F3N4OS. The van der Waals surface area contributed by atoms with Crippen molar-refractivity contribution in [2.75, 3.05) is 5.32 Å². The van der Waals surface area contributed by atoms with Gasteiger partial charge in [0.25, 0.3) is 5.91 Å². The second-order valence-corrected chi connectivity index (χ2v) is 7.59. The molecule has 28 heavy (non-hydrogen) atoms. The zero-order chi connectivity index (χ0) is 20.1. The van der Waals surface area contributed by atoms with Crippen LogP contribution in [0.3, 0.4) is 0 Å². The number of amides is 1. The maximum absolute atomic E-state index is 12.9. The van der Waals surface area contributed by atoms with Crippen LogP contribution in [0.15, 0.2) is 35.7 Å². The highest BCUT2D eigenvalue weighted by molar-refractivity contribution is 7.14. The summed E-state index contributed by atoms with van der Waals surface area (Å²) in [5.41, 5.74) is 7.78. The molecule has 5 nitrogen and oxygen atoms in total. The number of alkyl halides is 3. The molecule has 0 aliphatic heterocycles. The zero-order valence-corrected chi connectivity index (χ0v) is 15.7. The van der Waals surface area contributed by atoms with Crippen molar-refractivity contribution < 1.29 is 18.0 Å². The highest BCUT2D eigenvalue weighted by Crippen LogP contribution is 2.42. The van der Waals surface area contributed by atoms with Crippen LogP contribution < -0.4 is 11.1 Å². The van der Waals surface area contributed by atoms with Gasteiger partial charge in [-0.3, -0.25) is 4.79 Å². The van der Waals surface area contributed by atoms with Crippen LogP contribution in [0, 0.1) is 6.92 Å². The smallest absolute Gasteiger partial charge is 0.366 e. The molecule has 0 saturated heterocycles. The van der Waals surface area contributed by atoms with Gasteiger partial charge in [-0.15, -0.1) is 11.3 Å². The number of thiazole rings is 1. The fraction of sp³-hybridized carbons (Fsp3) is 0.263. The number of aromatic nitrogens is 2. The molecule has 4 rings (SSSR count). The van der Waals surface area contributed by atoms with Gasteiger partial charge in [-0.2, -0.15) is 13.2 Å². The molecule has 3 N–H and O–H groups in total. The first kappa shape index (κ1) is 18.5. The first-order chi connectivity index (χ1) is 13.2. The Morgan fingerprint density at radius 2 is 2.07 bits per heavy atom. The van der Waals surface area contributed by atoms with Gasteiger partial charge in [-0.05, 0) is 44.0 Å². The first-order valence-electron chi connectivity index (χ1n) is 8.66. The molecular weight excluding hydrogens is 389 g/mol. The third-order valence-electron chi connectivity index (χ3n) is 4.68. The summed E-state index contributed by atoms with van der Waals surface area (Å²) in [5.74, 6) is -0.490. The summed E-state index contributed by atoms with van der Waals surface area (Å²) in [6.45, 7) is 1.86. The molecule has 1 saturated carbocycles. The monoisotopic (exact) mass is 406 g/mol. The van der Waals surface area contributed by atoms with Gasteiger partial charge in [0.15, 0.2) is 5.13 Å². The number of hydrogen-bond donors (Lipinski definition) is 2. The van der Waals surface area contributed by atoms with Crippen LogP contribution in [0.1, 0.15) is 40.5 Å². The standard InChI is InChI=1S/C19H17F3N4OS/c1-10-14(17(23)27)8-16(26(10)13-5-6-13)15-9-28-18(25-15)24-12-4-2-3-11(7-12)19(20,21)22/h2-4,7-9,13H,5-6H2,1H3,(H2,23,27)(H,24,25). The lowest BCUT2D eigenvalue weighted by atomic mass is 10.2. The highest BCUT2D eigenvalue weighted by Gasteiger charge is 2.31. The van der Waals surface area contributed by atoms with E-state index in [4.69, 9.17) is 5.73 Å². The predicted molar refractivity (Wildman–Crippen MR) is 102 cm³/mol. The van der Waals surface area contributed by atoms with Crippen molar-refractivity contribution in [3.63, 3.8) is 0 Å². The van der Waals surface area contributed by atoms with Crippen LogP contribution in [0.4, 0.5) is 24.0 Å². The van der Waals surface area contributed by atoms with Gasteiger partial charge in [0.05, 0.1) is 22.5 Å². The maximum atomic E-state index is 12.9. The number of rotatable bonds is 5. The summed E-state index contributed by atoms with van der Waals surface area (Å²) in [6, 6.07) is 7.03. The Hall–Kier alpha value is -2.81. The maximum Gasteiger partial charge on any atom is 0.416 e. The van der Waals surface area contributed by atoms with Crippen LogP contribution in [-0.4, -0.2) is 15.5 Å². The van der Waals surface area contributed by atoms with E-state index in [0.29, 0.717) is 28.1 Å². The Morgan fingerprint density at radius 1 is 1.32 bits per heavy atom. The summed E-state index contributed by atoms with van der Waals surface area (Å²) in [6.07, 6.45) is -2.35. The summed E-state index contributed by atoms with van der Waals surface area (Å²) in [7, 11) is 0. The van der Waals surface area contributed by atoms with Gasteiger partial charge < -0.3 is 15.6 Å². The van der Waals surface area contributed by atoms with Crippen molar-refractivity contribution in [2.45, 2.75) is 32.0 Å². The van der Waals surface area contributed by atoms with Gasteiger partial charge in [-0.25, -0.2) is 4.98 Å². The molecule has 2 heterocycles. The SMILES string of the molecule is Cc1c(C(N)=O)cc(-c2csc(Nc3cccc(C(F)(F)F)c3)n2)n1C1CC1. The lowest BCUT2D eigenvalue weighted by Crippen LogP contribution is -2.12. The van der Waals surface area contributed by atoms with Crippen molar-refractivity contribution >= 4 is 28.1 Å². The van der Waals surface area contributed by atoms with Crippen molar-refractivity contribution in [3.05, 3.63) is 52.5 Å². The minimum atomic E-state index is -4.40. The lowest BCUT2D eigenvalue weighted by Gasteiger charge is -2.09. The van der Waals surface area contributed by atoms with Crippen LogP contribution in [0.5, 0.6) is 0 Å². The van der Waals surface area contributed by atoms with Crippen LogP contribution in [0.25, 0.3) is 11.4 Å². The van der Waals surface area contributed by atoms with E-state index in [1.54, 1.807) is 12.1 Å². The Kier molecular flexibility index (Phi) is 4.41. The molecule has 3 aromatic rings. The van der Waals surface area contributed by atoms with E-state index >= 15 is 0 Å². The third kappa shape index (κ3) is 3.49. The van der Waals surface area contributed by atoms with Crippen molar-refractivity contribution in [1.29, 1.82) is 0 Å². The fourth-order valence-electron chi connectivity index (χ4n) is 3.22. The third-order valence-corrected chi connectivity index (χ3v) is 5.43. The molecule has 0 bridgehead atoms. The molecule has 9 heteroatoms. The molecule has 1 aliphatic rings. The summed E-state index contributed by atoms with van der Waals surface area (Å²) < 4.78 is 40.7. The number of nitrogens with zero attached hydrogens (tertiary/aromatic N) is 2. The topological polar surface area (TPSA) is 72.9 Å². The van der Waals surface area contributed by atoms with Crippen molar-refractivity contribution in [1.82, 2.24) is 9.55 Å². The molecule has 0 spiro atoms. The Labute approximate surface area is 163 Å². The van der Waals surface area contributed by atoms with E-state index in [9.17, 15) is 18.0 Å². The molecule has 0 atom stereocenters. The van der Waals surface area contributed by atoms with E-state index in [-0.39, 0.29) is 0 Å². The van der Waals surface area contributed by atoms with Crippen molar-refractivity contribution in [3.8, 4) is 11.4 Å². The normalized spacial score (nSPS) is 14.3. The summed E-state index contributed by atoms with van der Waals surface area (Å²) in [4.78, 5) is 16.2. The Balaban J connectivity index is 1.64. The molecule has 0 unspecified atom stereocenters. The van der Waals surface area contributed by atoms with E-state index < -0.39 is 17.6 Å². The number of benzene rings is 1. The second-order valence-electron chi connectivity index (χ2n) is 6.74. The molecule has 2 aromatic heterocycles. The second kappa shape index (κ2) is 6.66. The predicted octanol–water partition coefficient (Wildman–Crippen LogP) is 5.12. The fourth-order valence-corrected chi connectivity index (χ4v) is 3.94. The number of halogens is 3. The van der Waals surface area contributed by atoms with Crippen LogP contribution >= 0.6 is 11.3 Å². The summed E-state index contributed by atoms with van der Waals surface area (Å²) in [5, 5.41) is 5.20. The minimum absolute atomic E-state index is 0.308. The number of nitrogens with two attached hydrogens (primary N) is 1. The molecule has 1 fully saturated rings. The number of hydrogen-bond acceptors (Lipinski definition) is 4. The van der Waals surface area contributed by atoms with Gasteiger partial charge in [-0.1, -0.05) is 6.07 Å². The van der Waals surface area contributed by atoms with Gasteiger partial charge >= 0.3 is 6.18 Å². The quantitative estimate of drug-likeness (QED) is 0.618. The average Bonchev–Trinajstić information content (AvgIpc) is 3.25. The number of primary amides is 1. The molecule has 146 valence electrons. The van der Waals surface area contributed by atoms with E-state index in [0.717, 1.165) is 36.4 Å². The number of carbonyl (C=O) groups excluding carboxylic acids is 1. The molecule has 1 aliphatic carbocycles. The number of carbonyl (C=O) groups is 1. The number of nitrogens with one attached hydrogen (secondary N) is 1. The Morgan fingerprint density at radius 3 is 2.71 bits per heavy atom. The van der Waals surface area contributed by atoms with Crippen LogP contribution in [0.2, 0.25) is 0 Å².